The van der Waals surface area contributed by atoms with Gasteiger partial charge in [0.25, 0.3) is 0 Å². The number of aromatic nitrogens is 2. The zero-order valence-electron chi connectivity index (χ0n) is 11.1. The van der Waals surface area contributed by atoms with Gasteiger partial charge in [-0.1, -0.05) is 6.92 Å². The Balaban J connectivity index is 1.98. The van der Waals surface area contributed by atoms with Gasteiger partial charge in [0.1, 0.15) is 5.82 Å². The average Bonchev–Trinajstić information content (AvgIpc) is 3.02. The number of carbonyl (C=O) groups excluding carboxylic acids is 1. The predicted molar refractivity (Wildman–Crippen MR) is 70.0 cm³/mol. The van der Waals surface area contributed by atoms with E-state index in [4.69, 9.17) is 5.73 Å². The van der Waals surface area contributed by atoms with E-state index in [2.05, 4.69) is 21.8 Å². The van der Waals surface area contributed by atoms with E-state index in [1.807, 2.05) is 13.1 Å². The molecule has 0 aromatic carbocycles. The van der Waals surface area contributed by atoms with Gasteiger partial charge in [-0.2, -0.15) is 0 Å². The van der Waals surface area contributed by atoms with Crippen LogP contribution in [0.4, 0.5) is 0 Å². The first-order valence-corrected chi connectivity index (χ1v) is 6.63. The van der Waals surface area contributed by atoms with Gasteiger partial charge >= 0.3 is 0 Å². The minimum absolute atomic E-state index is 0.271. The Morgan fingerprint density at radius 3 is 2.94 bits per heavy atom. The summed E-state index contributed by atoms with van der Waals surface area (Å²) < 4.78 is 2.09. The number of nitrogens with zero attached hydrogens (tertiary/aromatic N) is 2. The Labute approximate surface area is 108 Å². The Hall–Kier alpha value is -1.36. The molecular formula is C13H22N4O. The molecule has 0 saturated heterocycles. The maximum Gasteiger partial charge on any atom is 0.237 e. The van der Waals surface area contributed by atoms with Gasteiger partial charge < -0.3 is 15.6 Å². The minimum Gasteiger partial charge on any atom is -0.368 e. The lowest BCUT2D eigenvalue weighted by atomic mass is 9.96. The van der Waals surface area contributed by atoms with Crippen LogP contribution in [0, 0.1) is 0 Å². The largest absolute Gasteiger partial charge is 0.368 e. The van der Waals surface area contributed by atoms with Crippen LogP contribution < -0.4 is 11.1 Å². The molecule has 2 rings (SSSR count). The SMILES string of the molecule is CCc1nccn1CCC(C)(NC1CC1)C(N)=O. The van der Waals surface area contributed by atoms with Crippen LogP contribution in [0.25, 0.3) is 0 Å². The summed E-state index contributed by atoms with van der Waals surface area (Å²) in [5.74, 6) is 0.779. The van der Waals surface area contributed by atoms with Crippen molar-refractivity contribution in [1.82, 2.24) is 14.9 Å². The number of rotatable bonds is 7. The highest BCUT2D eigenvalue weighted by molar-refractivity contribution is 5.84. The van der Waals surface area contributed by atoms with Crippen LogP contribution in [0.3, 0.4) is 0 Å². The Morgan fingerprint density at radius 2 is 2.39 bits per heavy atom. The van der Waals surface area contributed by atoms with Gasteiger partial charge in [0.05, 0.1) is 5.54 Å². The molecule has 5 nitrogen and oxygen atoms in total. The molecule has 1 unspecified atom stereocenters. The number of hydrogen-bond acceptors (Lipinski definition) is 3. The summed E-state index contributed by atoms with van der Waals surface area (Å²) in [7, 11) is 0. The summed E-state index contributed by atoms with van der Waals surface area (Å²) in [5.41, 5.74) is 4.92. The number of imidazole rings is 1. The van der Waals surface area contributed by atoms with E-state index in [1.54, 1.807) is 6.20 Å². The van der Waals surface area contributed by atoms with Gasteiger partial charge in [-0.05, 0) is 26.2 Å². The molecule has 1 aliphatic carbocycles. The molecule has 1 fully saturated rings. The van der Waals surface area contributed by atoms with E-state index in [0.717, 1.165) is 31.6 Å². The van der Waals surface area contributed by atoms with Gasteiger partial charge in [0, 0.05) is 31.4 Å². The van der Waals surface area contributed by atoms with Crippen LogP contribution in [0.2, 0.25) is 0 Å². The highest BCUT2D eigenvalue weighted by atomic mass is 16.1. The van der Waals surface area contributed by atoms with E-state index in [0.29, 0.717) is 12.5 Å². The van der Waals surface area contributed by atoms with Crippen LogP contribution in [0.1, 0.15) is 38.9 Å². The second-order valence-corrected chi connectivity index (χ2v) is 5.26. The zero-order valence-corrected chi connectivity index (χ0v) is 11.1. The Morgan fingerprint density at radius 1 is 1.67 bits per heavy atom. The monoisotopic (exact) mass is 250 g/mol. The fraction of sp³-hybridized carbons (Fsp3) is 0.692. The quantitative estimate of drug-likeness (QED) is 0.753. The standard InChI is InChI=1S/C13H22N4O/c1-3-11-15-7-9-17(11)8-6-13(2,12(14)18)16-10-4-5-10/h7,9-10,16H,3-6,8H2,1-2H3,(H2,14,18). The van der Waals surface area contributed by atoms with E-state index in [9.17, 15) is 4.79 Å². The van der Waals surface area contributed by atoms with Crippen molar-refractivity contribution in [2.24, 2.45) is 5.73 Å². The number of amides is 1. The van der Waals surface area contributed by atoms with Crippen molar-refractivity contribution >= 4 is 5.91 Å². The van der Waals surface area contributed by atoms with Crippen molar-refractivity contribution < 1.29 is 4.79 Å². The van der Waals surface area contributed by atoms with E-state index >= 15 is 0 Å². The number of carbonyl (C=O) groups is 1. The molecular weight excluding hydrogens is 228 g/mol. The van der Waals surface area contributed by atoms with Gasteiger partial charge in [-0.15, -0.1) is 0 Å². The average molecular weight is 250 g/mol. The van der Waals surface area contributed by atoms with Crippen molar-refractivity contribution in [1.29, 1.82) is 0 Å². The third-order valence-corrected chi connectivity index (χ3v) is 3.61. The fourth-order valence-electron chi connectivity index (χ4n) is 2.15. The Bertz CT molecular complexity index is 424. The summed E-state index contributed by atoms with van der Waals surface area (Å²) >= 11 is 0. The smallest absolute Gasteiger partial charge is 0.237 e. The summed E-state index contributed by atoms with van der Waals surface area (Å²) in [5, 5.41) is 3.36. The number of nitrogens with two attached hydrogens (primary N) is 1. The zero-order chi connectivity index (χ0) is 13.2. The summed E-state index contributed by atoms with van der Waals surface area (Å²) in [4.78, 5) is 15.9. The van der Waals surface area contributed by atoms with Crippen molar-refractivity contribution in [3.05, 3.63) is 18.2 Å². The molecule has 0 spiro atoms. The van der Waals surface area contributed by atoms with E-state index in [1.165, 1.54) is 0 Å². The maximum atomic E-state index is 11.6. The maximum absolute atomic E-state index is 11.6. The molecule has 1 heterocycles. The molecule has 0 bridgehead atoms. The third-order valence-electron chi connectivity index (χ3n) is 3.61. The lowest BCUT2D eigenvalue weighted by molar-refractivity contribution is -0.124. The van der Waals surface area contributed by atoms with Crippen LogP contribution in [-0.2, 0) is 17.8 Å². The number of hydrogen-bond donors (Lipinski definition) is 2. The predicted octanol–water partition coefficient (Wildman–Crippen LogP) is 0.832. The van der Waals surface area contributed by atoms with E-state index in [-0.39, 0.29) is 5.91 Å². The third kappa shape index (κ3) is 2.90. The number of aryl methyl sites for hydroxylation is 2. The summed E-state index contributed by atoms with van der Waals surface area (Å²) in [6, 6.07) is 0.468. The highest BCUT2D eigenvalue weighted by Gasteiger charge is 2.36. The van der Waals surface area contributed by atoms with Crippen molar-refractivity contribution in [3.8, 4) is 0 Å². The second-order valence-electron chi connectivity index (χ2n) is 5.26. The molecule has 1 atom stereocenters. The minimum atomic E-state index is -0.615. The molecule has 0 aliphatic heterocycles. The van der Waals surface area contributed by atoms with Crippen LogP contribution in [0.15, 0.2) is 12.4 Å². The fourth-order valence-corrected chi connectivity index (χ4v) is 2.15. The van der Waals surface area contributed by atoms with Crippen LogP contribution >= 0.6 is 0 Å². The van der Waals surface area contributed by atoms with Gasteiger partial charge in [-0.3, -0.25) is 4.79 Å². The van der Waals surface area contributed by atoms with E-state index < -0.39 is 5.54 Å². The lowest BCUT2D eigenvalue weighted by Gasteiger charge is -2.28. The van der Waals surface area contributed by atoms with Crippen LogP contribution in [-0.4, -0.2) is 27.0 Å². The van der Waals surface area contributed by atoms with Crippen molar-refractivity contribution in [3.63, 3.8) is 0 Å². The normalized spacial score (nSPS) is 18.6. The topological polar surface area (TPSA) is 72.9 Å². The molecule has 1 amide bonds. The molecule has 5 heteroatoms. The highest BCUT2D eigenvalue weighted by Crippen LogP contribution is 2.24. The first-order valence-electron chi connectivity index (χ1n) is 6.63. The summed E-state index contributed by atoms with van der Waals surface area (Å²) in [6.07, 6.45) is 7.65. The molecule has 1 aromatic heterocycles. The molecule has 1 aromatic rings. The molecule has 1 aliphatic rings. The summed E-state index contributed by atoms with van der Waals surface area (Å²) in [6.45, 7) is 4.74. The molecule has 18 heavy (non-hydrogen) atoms. The van der Waals surface area contributed by atoms with Gasteiger partial charge in [0.2, 0.25) is 5.91 Å². The van der Waals surface area contributed by atoms with Gasteiger partial charge in [0.15, 0.2) is 0 Å². The molecule has 100 valence electrons. The molecule has 3 N–H and O–H groups in total. The van der Waals surface area contributed by atoms with Crippen molar-refractivity contribution in [2.45, 2.75) is 57.7 Å². The lowest BCUT2D eigenvalue weighted by Crippen LogP contribution is -2.54. The second kappa shape index (κ2) is 5.10. The number of primary amides is 1. The first-order chi connectivity index (χ1) is 8.55. The van der Waals surface area contributed by atoms with Gasteiger partial charge in [-0.25, -0.2) is 4.98 Å². The molecule has 0 radical (unpaired) electrons. The van der Waals surface area contributed by atoms with Crippen molar-refractivity contribution in [2.75, 3.05) is 0 Å². The van der Waals surface area contributed by atoms with Crippen LogP contribution in [0.5, 0.6) is 0 Å². The first kappa shape index (κ1) is 13.1. The number of nitrogens with one attached hydrogen (secondary N) is 1. The molecule has 1 saturated carbocycles. The Kier molecular flexibility index (Phi) is 3.71.